The normalized spacial score (nSPS) is 30.3. The van der Waals surface area contributed by atoms with Gasteiger partial charge in [0.05, 0.1) is 0 Å². The van der Waals surface area contributed by atoms with E-state index in [1.165, 1.54) is 19.3 Å². The first-order valence-electron chi connectivity index (χ1n) is 3.96. The van der Waals surface area contributed by atoms with Crippen LogP contribution in [0.1, 0.15) is 33.1 Å². The monoisotopic (exact) mass is 127 g/mol. The molecule has 0 spiro atoms. The Morgan fingerprint density at radius 3 is 2.11 bits per heavy atom. The standard InChI is InChI=1S/C8H17N/c1-4-8(5-2)6-7(8)9-3/h7,9H,4-6H2,1-3H3. The van der Waals surface area contributed by atoms with E-state index in [-0.39, 0.29) is 0 Å². The van der Waals surface area contributed by atoms with Crippen LogP contribution in [-0.4, -0.2) is 13.1 Å². The minimum atomic E-state index is 0.689. The fraction of sp³-hybridized carbons (Fsp3) is 1.00. The van der Waals surface area contributed by atoms with Crippen LogP contribution in [0, 0.1) is 5.41 Å². The second-order valence-electron chi connectivity index (χ2n) is 3.11. The molecule has 1 unspecified atom stereocenters. The molecule has 1 heteroatoms. The average molecular weight is 127 g/mol. The molecule has 1 aliphatic rings. The summed E-state index contributed by atoms with van der Waals surface area (Å²) in [6.45, 7) is 4.58. The average Bonchev–Trinajstić information content (AvgIpc) is 2.63. The molecule has 0 saturated heterocycles. The van der Waals surface area contributed by atoms with Gasteiger partial charge in [0.1, 0.15) is 0 Å². The van der Waals surface area contributed by atoms with Crippen LogP contribution in [0.25, 0.3) is 0 Å². The van der Waals surface area contributed by atoms with Gasteiger partial charge in [0.25, 0.3) is 0 Å². The van der Waals surface area contributed by atoms with Crippen molar-refractivity contribution in [2.75, 3.05) is 7.05 Å². The molecule has 1 rings (SSSR count). The van der Waals surface area contributed by atoms with Crippen LogP contribution in [0.5, 0.6) is 0 Å². The maximum absolute atomic E-state index is 3.33. The van der Waals surface area contributed by atoms with E-state index in [0.717, 1.165) is 6.04 Å². The second kappa shape index (κ2) is 2.30. The highest BCUT2D eigenvalue weighted by Gasteiger charge is 2.49. The van der Waals surface area contributed by atoms with Crippen LogP contribution in [0.15, 0.2) is 0 Å². The highest BCUT2D eigenvalue weighted by atomic mass is 15.0. The van der Waals surface area contributed by atoms with E-state index in [2.05, 4.69) is 26.2 Å². The Morgan fingerprint density at radius 2 is 2.00 bits per heavy atom. The van der Waals surface area contributed by atoms with E-state index < -0.39 is 0 Å². The topological polar surface area (TPSA) is 12.0 Å². The summed E-state index contributed by atoms with van der Waals surface area (Å²) in [6.07, 6.45) is 4.08. The molecular weight excluding hydrogens is 110 g/mol. The molecule has 0 aromatic heterocycles. The molecule has 0 aromatic rings. The predicted molar refractivity (Wildman–Crippen MR) is 40.5 cm³/mol. The quantitative estimate of drug-likeness (QED) is 0.609. The van der Waals surface area contributed by atoms with Gasteiger partial charge >= 0.3 is 0 Å². The summed E-state index contributed by atoms with van der Waals surface area (Å²) < 4.78 is 0. The van der Waals surface area contributed by atoms with Gasteiger partial charge in [0.2, 0.25) is 0 Å². The number of hydrogen-bond donors (Lipinski definition) is 1. The van der Waals surface area contributed by atoms with Crippen LogP contribution < -0.4 is 5.32 Å². The second-order valence-corrected chi connectivity index (χ2v) is 3.11. The van der Waals surface area contributed by atoms with Crippen molar-refractivity contribution in [2.24, 2.45) is 5.41 Å². The molecule has 1 fully saturated rings. The van der Waals surface area contributed by atoms with Gasteiger partial charge in [-0.25, -0.2) is 0 Å². The molecule has 9 heavy (non-hydrogen) atoms. The zero-order valence-corrected chi connectivity index (χ0v) is 6.70. The van der Waals surface area contributed by atoms with E-state index in [4.69, 9.17) is 0 Å². The Morgan fingerprint density at radius 1 is 1.44 bits per heavy atom. The van der Waals surface area contributed by atoms with Gasteiger partial charge in [-0.2, -0.15) is 0 Å². The molecule has 0 radical (unpaired) electrons. The van der Waals surface area contributed by atoms with Crippen molar-refractivity contribution in [2.45, 2.75) is 39.2 Å². The molecule has 0 heterocycles. The number of rotatable bonds is 3. The van der Waals surface area contributed by atoms with Gasteiger partial charge < -0.3 is 5.32 Å². The van der Waals surface area contributed by atoms with E-state index in [1.54, 1.807) is 0 Å². The van der Waals surface area contributed by atoms with Crippen molar-refractivity contribution in [3.8, 4) is 0 Å². The lowest BCUT2D eigenvalue weighted by Crippen LogP contribution is -2.17. The fourth-order valence-electron chi connectivity index (χ4n) is 1.79. The van der Waals surface area contributed by atoms with Crippen molar-refractivity contribution in [3.05, 3.63) is 0 Å². The van der Waals surface area contributed by atoms with Gasteiger partial charge in [0.15, 0.2) is 0 Å². The Hall–Kier alpha value is -0.0400. The van der Waals surface area contributed by atoms with Crippen molar-refractivity contribution in [3.63, 3.8) is 0 Å². The van der Waals surface area contributed by atoms with Crippen LogP contribution in [0.4, 0.5) is 0 Å². The molecule has 0 amide bonds. The lowest BCUT2D eigenvalue weighted by atomic mass is 10.00. The third kappa shape index (κ3) is 0.983. The highest BCUT2D eigenvalue weighted by molar-refractivity contribution is 5.05. The van der Waals surface area contributed by atoms with Crippen molar-refractivity contribution < 1.29 is 0 Å². The van der Waals surface area contributed by atoms with Gasteiger partial charge in [-0.15, -0.1) is 0 Å². The first-order chi connectivity index (χ1) is 4.29. The minimum Gasteiger partial charge on any atom is -0.316 e. The van der Waals surface area contributed by atoms with E-state index in [9.17, 15) is 0 Å². The Balaban J connectivity index is 2.37. The summed E-state index contributed by atoms with van der Waals surface area (Å²) in [6, 6.07) is 0.826. The fourth-order valence-corrected chi connectivity index (χ4v) is 1.79. The van der Waals surface area contributed by atoms with E-state index in [1.807, 2.05) is 0 Å². The maximum atomic E-state index is 3.33. The molecule has 54 valence electrons. The minimum absolute atomic E-state index is 0.689. The lowest BCUT2D eigenvalue weighted by Gasteiger charge is -2.09. The molecule has 1 atom stereocenters. The van der Waals surface area contributed by atoms with Crippen molar-refractivity contribution >= 4 is 0 Å². The molecular formula is C8H17N. The lowest BCUT2D eigenvalue weighted by molar-refractivity contribution is 0.435. The van der Waals surface area contributed by atoms with Crippen molar-refractivity contribution in [1.82, 2.24) is 5.32 Å². The van der Waals surface area contributed by atoms with Crippen molar-refractivity contribution in [1.29, 1.82) is 0 Å². The summed E-state index contributed by atoms with van der Waals surface area (Å²) in [5, 5.41) is 3.33. The largest absolute Gasteiger partial charge is 0.316 e. The Bertz CT molecular complexity index is 94.7. The van der Waals surface area contributed by atoms with Crippen LogP contribution in [0.3, 0.4) is 0 Å². The van der Waals surface area contributed by atoms with Crippen LogP contribution in [0.2, 0.25) is 0 Å². The first kappa shape index (κ1) is 7.07. The molecule has 1 saturated carbocycles. The highest BCUT2D eigenvalue weighted by Crippen LogP contribution is 2.51. The number of nitrogens with one attached hydrogen (secondary N) is 1. The van der Waals surface area contributed by atoms with E-state index in [0.29, 0.717) is 5.41 Å². The van der Waals surface area contributed by atoms with Gasteiger partial charge in [-0.1, -0.05) is 13.8 Å². The third-order valence-electron chi connectivity index (χ3n) is 2.95. The summed E-state index contributed by atoms with van der Waals surface area (Å²) in [7, 11) is 2.07. The van der Waals surface area contributed by atoms with Crippen LogP contribution >= 0.6 is 0 Å². The summed E-state index contributed by atoms with van der Waals surface area (Å²) in [5.41, 5.74) is 0.689. The predicted octanol–water partition coefficient (Wildman–Crippen LogP) is 1.78. The molecule has 0 bridgehead atoms. The molecule has 0 aliphatic heterocycles. The van der Waals surface area contributed by atoms with Crippen LogP contribution in [-0.2, 0) is 0 Å². The maximum Gasteiger partial charge on any atom is 0.0127 e. The first-order valence-corrected chi connectivity index (χ1v) is 3.96. The SMILES string of the molecule is CCC1(CC)CC1NC. The molecule has 1 N–H and O–H groups in total. The van der Waals surface area contributed by atoms with Gasteiger partial charge in [-0.3, -0.25) is 0 Å². The zero-order valence-electron chi connectivity index (χ0n) is 6.70. The van der Waals surface area contributed by atoms with E-state index >= 15 is 0 Å². The molecule has 1 aliphatic carbocycles. The summed E-state index contributed by atoms with van der Waals surface area (Å²) in [4.78, 5) is 0. The smallest absolute Gasteiger partial charge is 0.0127 e. The third-order valence-corrected chi connectivity index (χ3v) is 2.95. The molecule has 1 nitrogen and oxygen atoms in total. The van der Waals surface area contributed by atoms with Gasteiger partial charge in [-0.05, 0) is 31.7 Å². The summed E-state index contributed by atoms with van der Waals surface area (Å²) >= 11 is 0. The van der Waals surface area contributed by atoms with Gasteiger partial charge in [0, 0.05) is 6.04 Å². The summed E-state index contributed by atoms with van der Waals surface area (Å²) in [5.74, 6) is 0. The Labute approximate surface area is 57.8 Å². The Kier molecular flexibility index (Phi) is 1.80. The zero-order chi connectivity index (χ0) is 6.91. The number of hydrogen-bond acceptors (Lipinski definition) is 1. The molecule has 0 aromatic carbocycles.